The summed E-state index contributed by atoms with van der Waals surface area (Å²) >= 11 is 5.61. The highest BCUT2D eigenvalue weighted by molar-refractivity contribution is 6.31. The van der Waals surface area contributed by atoms with Gasteiger partial charge in [-0.05, 0) is 31.0 Å². The molecule has 0 aliphatic heterocycles. The molecule has 1 atom stereocenters. The highest BCUT2D eigenvalue weighted by atomic mass is 35.5. The van der Waals surface area contributed by atoms with E-state index in [-0.39, 0.29) is 17.1 Å². The van der Waals surface area contributed by atoms with Gasteiger partial charge in [0.15, 0.2) is 0 Å². The van der Waals surface area contributed by atoms with Crippen molar-refractivity contribution in [1.82, 2.24) is 5.32 Å². The van der Waals surface area contributed by atoms with Gasteiger partial charge in [0.25, 0.3) is 0 Å². The quantitative estimate of drug-likeness (QED) is 0.854. The Morgan fingerprint density at radius 2 is 2.00 bits per heavy atom. The summed E-state index contributed by atoms with van der Waals surface area (Å²) in [4.78, 5) is 11.6. The summed E-state index contributed by atoms with van der Waals surface area (Å²) in [5.74, 6) is -0.161. The highest BCUT2D eigenvalue weighted by Crippen LogP contribution is 2.19. The van der Waals surface area contributed by atoms with Crippen LogP contribution in [0, 0.1) is 11.7 Å². The highest BCUT2D eigenvalue weighted by Gasteiger charge is 2.11. The normalized spacial score (nSPS) is 12.4. The van der Waals surface area contributed by atoms with Gasteiger partial charge in [0, 0.05) is 11.7 Å². The molecule has 1 unspecified atom stereocenters. The number of nitrogens with one attached hydrogen (secondary N) is 2. The van der Waals surface area contributed by atoms with E-state index in [0.29, 0.717) is 11.6 Å². The first-order valence-electron chi connectivity index (χ1n) is 5.42. The van der Waals surface area contributed by atoms with Gasteiger partial charge in [0.05, 0.1) is 5.02 Å². The number of amides is 2. The molecule has 0 spiro atoms. The molecular weight excluding hydrogens is 243 g/mol. The van der Waals surface area contributed by atoms with Crippen LogP contribution in [-0.2, 0) is 0 Å². The third-order valence-corrected chi connectivity index (χ3v) is 2.83. The molecule has 0 aliphatic rings. The lowest BCUT2D eigenvalue weighted by Crippen LogP contribution is -2.38. The summed E-state index contributed by atoms with van der Waals surface area (Å²) in [6.45, 7) is 5.95. The molecule has 0 heterocycles. The largest absolute Gasteiger partial charge is 0.335 e. The second-order valence-corrected chi connectivity index (χ2v) is 4.67. The summed E-state index contributed by atoms with van der Waals surface area (Å²) < 4.78 is 12.9. The lowest BCUT2D eigenvalue weighted by atomic mass is 10.1. The molecule has 1 rings (SSSR count). The fourth-order valence-corrected chi connectivity index (χ4v) is 1.30. The van der Waals surface area contributed by atoms with Crippen molar-refractivity contribution in [3.05, 3.63) is 29.0 Å². The Morgan fingerprint density at radius 1 is 1.35 bits per heavy atom. The summed E-state index contributed by atoms with van der Waals surface area (Å²) in [7, 11) is 0. The van der Waals surface area contributed by atoms with E-state index in [1.54, 1.807) is 0 Å². The number of carbonyl (C=O) groups is 1. The van der Waals surface area contributed by atoms with Crippen molar-refractivity contribution in [2.24, 2.45) is 5.92 Å². The molecule has 0 fully saturated rings. The fraction of sp³-hybridized carbons (Fsp3) is 0.417. The average molecular weight is 259 g/mol. The van der Waals surface area contributed by atoms with E-state index < -0.39 is 5.82 Å². The van der Waals surface area contributed by atoms with Gasteiger partial charge < -0.3 is 10.6 Å². The second-order valence-electron chi connectivity index (χ2n) is 4.26. The molecule has 1 aromatic rings. The van der Waals surface area contributed by atoms with Crippen molar-refractivity contribution in [3.8, 4) is 0 Å². The Hall–Kier alpha value is -1.29. The zero-order valence-electron chi connectivity index (χ0n) is 10.1. The van der Waals surface area contributed by atoms with Crippen LogP contribution < -0.4 is 10.6 Å². The van der Waals surface area contributed by atoms with E-state index in [1.165, 1.54) is 18.2 Å². The topological polar surface area (TPSA) is 41.1 Å². The molecule has 5 heteroatoms. The SMILES string of the molecule is CC(C)C(C)NC(=O)Nc1ccc(F)c(Cl)c1. The number of hydrogen-bond acceptors (Lipinski definition) is 1. The number of urea groups is 1. The van der Waals surface area contributed by atoms with Crippen LogP contribution in [0.4, 0.5) is 14.9 Å². The summed E-state index contributed by atoms with van der Waals surface area (Å²) in [6.07, 6.45) is 0. The van der Waals surface area contributed by atoms with Crippen molar-refractivity contribution in [2.75, 3.05) is 5.32 Å². The second kappa shape index (κ2) is 5.87. The predicted octanol–water partition coefficient (Wildman–Crippen LogP) is 3.65. The van der Waals surface area contributed by atoms with Gasteiger partial charge in [0.1, 0.15) is 5.82 Å². The molecule has 0 saturated heterocycles. The number of rotatable bonds is 3. The molecule has 0 aliphatic carbocycles. The van der Waals surface area contributed by atoms with Crippen LogP contribution in [0.2, 0.25) is 5.02 Å². The van der Waals surface area contributed by atoms with E-state index in [1.807, 2.05) is 20.8 Å². The van der Waals surface area contributed by atoms with Crippen LogP contribution >= 0.6 is 11.6 Å². The van der Waals surface area contributed by atoms with E-state index >= 15 is 0 Å². The van der Waals surface area contributed by atoms with Crippen LogP contribution in [0.5, 0.6) is 0 Å². The zero-order valence-corrected chi connectivity index (χ0v) is 10.8. The number of anilines is 1. The molecule has 2 N–H and O–H groups in total. The van der Waals surface area contributed by atoms with Gasteiger partial charge in [-0.25, -0.2) is 9.18 Å². The van der Waals surface area contributed by atoms with Gasteiger partial charge >= 0.3 is 6.03 Å². The Balaban J connectivity index is 2.59. The minimum atomic E-state index is -0.506. The molecule has 0 aromatic heterocycles. The predicted molar refractivity (Wildman–Crippen MR) is 67.9 cm³/mol. The molecule has 0 radical (unpaired) electrons. The molecule has 2 amide bonds. The van der Waals surface area contributed by atoms with Crippen LogP contribution in [0.3, 0.4) is 0 Å². The Kier molecular flexibility index (Phi) is 4.75. The molecule has 17 heavy (non-hydrogen) atoms. The third-order valence-electron chi connectivity index (χ3n) is 2.54. The van der Waals surface area contributed by atoms with Gasteiger partial charge in [0.2, 0.25) is 0 Å². The molecule has 3 nitrogen and oxygen atoms in total. The zero-order chi connectivity index (χ0) is 13.0. The van der Waals surface area contributed by atoms with E-state index in [4.69, 9.17) is 11.6 Å². The first-order valence-corrected chi connectivity index (χ1v) is 5.80. The van der Waals surface area contributed by atoms with Gasteiger partial charge in [-0.3, -0.25) is 0 Å². The number of halogens is 2. The third kappa shape index (κ3) is 4.23. The molecule has 1 aromatic carbocycles. The van der Waals surface area contributed by atoms with Crippen molar-refractivity contribution >= 4 is 23.3 Å². The Bertz CT molecular complexity index is 409. The molecular formula is C12H16ClFN2O. The maximum absolute atomic E-state index is 12.9. The average Bonchev–Trinajstić information content (AvgIpc) is 2.23. The summed E-state index contributed by atoms with van der Waals surface area (Å²) in [5, 5.41) is 5.36. The lowest BCUT2D eigenvalue weighted by molar-refractivity contribution is 0.246. The number of carbonyl (C=O) groups excluding carboxylic acids is 1. The van der Waals surface area contributed by atoms with Crippen molar-refractivity contribution in [1.29, 1.82) is 0 Å². The van der Waals surface area contributed by atoms with E-state index in [0.717, 1.165) is 0 Å². The maximum atomic E-state index is 12.9. The monoisotopic (exact) mass is 258 g/mol. The lowest BCUT2D eigenvalue weighted by Gasteiger charge is -2.17. The number of benzene rings is 1. The minimum absolute atomic E-state index is 0.0142. The van der Waals surface area contributed by atoms with Crippen molar-refractivity contribution < 1.29 is 9.18 Å². The minimum Gasteiger partial charge on any atom is -0.335 e. The summed E-state index contributed by atoms with van der Waals surface area (Å²) in [5.41, 5.74) is 0.463. The van der Waals surface area contributed by atoms with Gasteiger partial charge in [-0.1, -0.05) is 25.4 Å². The first kappa shape index (κ1) is 13.8. The van der Waals surface area contributed by atoms with E-state index in [9.17, 15) is 9.18 Å². The maximum Gasteiger partial charge on any atom is 0.319 e. The van der Waals surface area contributed by atoms with Crippen LogP contribution in [-0.4, -0.2) is 12.1 Å². The molecule has 94 valence electrons. The first-order chi connectivity index (χ1) is 7.90. The van der Waals surface area contributed by atoms with E-state index in [2.05, 4.69) is 10.6 Å². The van der Waals surface area contributed by atoms with Crippen LogP contribution in [0.1, 0.15) is 20.8 Å². The van der Waals surface area contributed by atoms with Gasteiger partial charge in [-0.2, -0.15) is 0 Å². The standard InChI is InChI=1S/C12H16ClFN2O/c1-7(2)8(3)15-12(17)16-9-4-5-11(14)10(13)6-9/h4-8H,1-3H3,(H2,15,16,17). The Morgan fingerprint density at radius 3 is 2.53 bits per heavy atom. The van der Waals surface area contributed by atoms with Crippen molar-refractivity contribution in [3.63, 3.8) is 0 Å². The smallest absolute Gasteiger partial charge is 0.319 e. The van der Waals surface area contributed by atoms with Gasteiger partial charge in [-0.15, -0.1) is 0 Å². The molecule has 0 saturated carbocycles. The fourth-order valence-electron chi connectivity index (χ4n) is 1.11. The van der Waals surface area contributed by atoms with Crippen LogP contribution in [0.15, 0.2) is 18.2 Å². The Labute approximate surface area is 105 Å². The summed E-state index contributed by atoms with van der Waals surface area (Å²) in [6, 6.07) is 3.78. The molecule has 0 bridgehead atoms. The number of hydrogen-bond donors (Lipinski definition) is 2. The van der Waals surface area contributed by atoms with Crippen molar-refractivity contribution in [2.45, 2.75) is 26.8 Å². The van der Waals surface area contributed by atoms with Crippen LogP contribution in [0.25, 0.3) is 0 Å².